The second-order valence-electron chi connectivity index (χ2n) is 3.63. The minimum absolute atomic E-state index is 0. The van der Waals surface area contributed by atoms with E-state index in [4.69, 9.17) is 5.73 Å². The van der Waals surface area contributed by atoms with Gasteiger partial charge >= 0.3 is 12.4 Å². The molecule has 1 rings (SSSR count). The lowest BCUT2D eigenvalue weighted by molar-refractivity contribution is -0.146. The van der Waals surface area contributed by atoms with Gasteiger partial charge in [-0.25, -0.2) is 4.39 Å². The summed E-state index contributed by atoms with van der Waals surface area (Å²) in [5.74, 6) is -1.64. The third-order valence-corrected chi connectivity index (χ3v) is 2.18. The van der Waals surface area contributed by atoms with Crippen LogP contribution in [-0.2, 0) is 6.18 Å². The lowest BCUT2D eigenvalue weighted by Crippen LogP contribution is -2.24. The van der Waals surface area contributed by atoms with Gasteiger partial charge in [0.1, 0.15) is 5.82 Å². The summed E-state index contributed by atoms with van der Waals surface area (Å²) < 4.78 is 86.9. The molecule has 0 heterocycles. The molecular weight excluding hydrogens is 303 g/mol. The Morgan fingerprint density at radius 3 is 2.00 bits per heavy atom. The van der Waals surface area contributed by atoms with Crippen LogP contribution in [0.1, 0.15) is 23.6 Å². The van der Waals surface area contributed by atoms with Crippen LogP contribution in [0.5, 0.6) is 0 Å². The van der Waals surface area contributed by atoms with Crippen molar-refractivity contribution < 1.29 is 30.7 Å². The minimum atomic E-state index is -5.09. The Hall–Kier alpha value is -1.02. The van der Waals surface area contributed by atoms with Crippen LogP contribution in [0.4, 0.5) is 30.7 Å². The Morgan fingerprint density at radius 1 is 1.05 bits per heavy atom. The van der Waals surface area contributed by atoms with Crippen LogP contribution in [0.15, 0.2) is 18.2 Å². The second-order valence-corrected chi connectivity index (χ2v) is 3.63. The fourth-order valence-corrected chi connectivity index (χ4v) is 1.51. The molecule has 1 aromatic rings. The summed E-state index contributed by atoms with van der Waals surface area (Å²) in [7, 11) is 0. The van der Waals surface area contributed by atoms with Gasteiger partial charge in [-0.05, 0) is 11.6 Å². The molecule has 0 aliphatic carbocycles. The van der Waals surface area contributed by atoms with E-state index in [1.54, 1.807) is 0 Å². The van der Waals surface area contributed by atoms with Crippen molar-refractivity contribution in [2.45, 2.75) is 24.8 Å². The fourth-order valence-electron chi connectivity index (χ4n) is 1.51. The van der Waals surface area contributed by atoms with Gasteiger partial charge in [0.25, 0.3) is 0 Å². The van der Waals surface area contributed by atoms with Gasteiger partial charge < -0.3 is 5.73 Å². The first-order valence-electron chi connectivity index (χ1n) is 4.70. The first-order valence-corrected chi connectivity index (χ1v) is 4.70. The van der Waals surface area contributed by atoms with E-state index >= 15 is 0 Å². The molecule has 9 heteroatoms. The molecule has 0 bridgehead atoms. The highest BCUT2D eigenvalue weighted by atomic mass is 35.5. The lowest BCUT2D eigenvalue weighted by atomic mass is 9.97. The predicted molar refractivity (Wildman–Crippen MR) is 56.3 cm³/mol. The Bertz CT molecular complexity index is 427. The Balaban J connectivity index is 0.00000324. The normalized spacial score (nSPS) is 13.9. The maximum Gasteiger partial charge on any atom is 0.419 e. The molecule has 0 saturated carbocycles. The van der Waals surface area contributed by atoms with Gasteiger partial charge in [-0.1, -0.05) is 12.1 Å². The standard InChI is InChI=1S/C10H8F7N.ClH/c11-6-3-1-2-5(8(6)10(15,16)17)7(18)4-9(12,13)14;/h1-3,7H,4,18H2;1H/t7-;/m0./s1. The van der Waals surface area contributed by atoms with Crippen LogP contribution in [0, 0.1) is 5.82 Å². The Kier molecular flexibility index (Phi) is 5.64. The lowest BCUT2D eigenvalue weighted by Gasteiger charge is -2.19. The van der Waals surface area contributed by atoms with E-state index in [2.05, 4.69) is 0 Å². The zero-order valence-electron chi connectivity index (χ0n) is 9.15. The topological polar surface area (TPSA) is 26.0 Å². The van der Waals surface area contributed by atoms with Crippen molar-refractivity contribution in [3.05, 3.63) is 35.1 Å². The Labute approximate surface area is 110 Å². The molecular formula is C10H9ClF7N. The Morgan fingerprint density at radius 2 is 1.58 bits per heavy atom. The molecule has 19 heavy (non-hydrogen) atoms. The summed E-state index contributed by atoms with van der Waals surface area (Å²) in [4.78, 5) is 0. The maximum atomic E-state index is 13.1. The summed E-state index contributed by atoms with van der Waals surface area (Å²) in [5.41, 5.74) is 2.41. The van der Waals surface area contributed by atoms with Crippen molar-refractivity contribution in [2.75, 3.05) is 0 Å². The van der Waals surface area contributed by atoms with Crippen LogP contribution in [0.2, 0.25) is 0 Å². The van der Waals surface area contributed by atoms with Gasteiger partial charge in [-0.15, -0.1) is 12.4 Å². The van der Waals surface area contributed by atoms with E-state index in [-0.39, 0.29) is 12.4 Å². The highest BCUT2D eigenvalue weighted by molar-refractivity contribution is 5.85. The SMILES string of the molecule is Cl.N[C@@H](CC(F)(F)F)c1cccc(F)c1C(F)(F)F. The molecule has 2 N–H and O–H groups in total. The number of hydrogen-bond donors (Lipinski definition) is 1. The average molecular weight is 312 g/mol. The first kappa shape index (κ1) is 18.0. The third kappa shape index (κ3) is 4.87. The maximum absolute atomic E-state index is 13.1. The van der Waals surface area contributed by atoms with Crippen LogP contribution in [0.3, 0.4) is 0 Å². The number of alkyl halides is 6. The summed E-state index contributed by atoms with van der Waals surface area (Å²) in [5, 5.41) is 0. The first-order chi connectivity index (χ1) is 8.02. The van der Waals surface area contributed by atoms with Crippen molar-refractivity contribution >= 4 is 12.4 Å². The van der Waals surface area contributed by atoms with Gasteiger partial charge in [0.15, 0.2) is 0 Å². The average Bonchev–Trinajstić information content (AvgIpc) is 2.12. The van der Waals surface area contributed by atoms with Gasteiger partial charge in [0.2, 0.25) is 0 Å². The molecule has 0 amide bonds. The summed E-state index contributed by atoms with van der Waals surface area (Å²) >= 11 is 0. The number of hydrogen-bond acceptors (Lipinski definition) is 1. The van der Waals surface area contributed by atoms with E-state index < -0.39 is 41.8 Å². The number of benzene rings is 1. The summed E-state index contributed by atoms with van der Waals surface area (Å²) in [6.45, 7) is 0. The predicted octanol–water partition coefficient (Wildman–Crippen LogP) is 4.22. The quantitative estimate of drug-likeness (QED) is 0.813. The van der Waals surface area contributed by atoms with Crippen molar-refractivity contribution in [2.24, 2.45) is 5.73 Å². The smallest absolute Gasteiger partial charge is 0.324 e. The molecule has 0 aliphatic rings. The number of nitrogens with two attached hydrogens (primary N) is 1. The van der Waals surface area contributed by atoms with Crippen molar-refractivity contribution in [3.8, 4) is 0 Å². The fraction of sp³-hybridized carbons (Fsp3) is 0.400. The molecule has 1 atom stereocenters. The minimum Gasteiger partial charge on any atom is -0.324 e. The van der Waals surface area contributed by atoms with Crippen LogP contribution >= 0.6 is 12.4 Å². The van der Waals surface area contributed by atoms with Gasteiger partial charge in [0.05, 0.1) is 12.0 Å². The van der Waals surface area contributed by atoms with Crippen LogP contribution in [0.25, 0.3) is 0 Å². The molecule has 0 fully saturated rings. The van der Waals surface area contributed by atoms with Gasteiger partial charge in [0, 0.05) is 6.04 Å². The third-order valence-electron chi connectivity index (χ3n) is 2.18. The highest BCUT2D eigenvalue weighted by Crippen LogP contribution is 2.38. The van der Waals surface area contributed by atoms with E-state index in [1.165, 1.54) is 0 Å². The highest BCUT2D eigenvalue weighted by Gasteiger charge is 2.40. The van der Waals surface area contributed by atoms with Crippen molar-refractivity contribution in [1.82, 2.24) is 0 Å². The molecule has 110 valence electrons. The molecule has 0 saturated heterocycles. The van der Waals surface area contributed by atoms with E-state index in [0.717, 1.165) is 12.1 Å². The molecule has 0 aliphatic heterocycles. The van der Waals surface area contributed by atoms with Crippen LogP contribution < -0.4 is 5.73 Å². The van der Waals surface area contributed by atoms with E-state index in [0.29, 0.717) is 6.07 Å². The zero-order valence-corrected chi connectivity index (χ0v) is 9.96. The van der Waals surface area contributed by atoms with Crippen LogP contribution in [-0.4, -0.2) is 6.18 Å². The van der Waals surface area contributed by atoms with E-state index in [1.807, 2.05) is 0 Å². The summed E-state index contributed by atoms with van der Waals surface area (Å²) in [6, 6.07) is 0.183. The summed E-state index contributed by atoms with van der Waals surface area (Å²) in [6.07, 6.45) is -11.5. The molecule has 0 radical (unpaired) electrons. The molecule has 0 unspecified atom stereocenters. The van der Waals surface area contributed by atoms with Crippen molar-refractivity contribution in [1.29, 1.82) is 0 Å². The van der Waals surface area contributed by atoms with Crippen molar-refractivity contribution in [3.63, 3.8) is 0 Å². The zero-order chi connectivity index (χ0) is 14.1. The van der Waals surface area contributed by atoms with E-state index in [9.17, 15) is 30.7 Å². The molecule has 1 aromatic carbocycles. The number of halogens is 8. The molecule has 0 spiro atoms. The second kappa shape index (κ2) is 5.96. The monoisotopic (exact) mass is 311 g/mol. The van der Waals surface area contributed by atoms with Gasteiger partial charge in [-0.2, -0.15) is 26.3 Å². The largest absolute Gasteiger partial charge is 0.419 e. The van der Waals surface area contributed by atoms with Gasteiger partial charge in [-0.3, -0.25) is 0 Å². The molecule has 1 nitrogen and oxygen atoms in total. The number of rotatable bonds is 2. The molecule has 0 aromatic heterocycles.